The lowest BCUT2D eigenvalue weighted by Crippen LogP contribution is -2.08. The van der Waals surface area contributed by atoms with Gasteiger partial charge in [-0.25, -0.2) is 4.79 Å². The smallest absolute Gasteiger partial charge is 0.336 e. The second-order valence-corrected chi connectivity index (χ2v) is 4.79. The van der Waals surface area contributed by atoms with E-state index in [2.05, 4.69) is 0 Å². The molecular weight excluding hydrogens is 264 g/mol. The second-order valence-electron chi connectivity index (χ2n) is 4.35. The Morgan fingerprint density at radius 1 is 1.16 bits per heavy atom. The van der Waals surface area contributed by atoms with E-state index in [4.69, 9.17) is 11.6 Å². The SMILES string of the molecule is Cc1ccc(C(O)c2ccc(Cl)cc2)c(C(=O)O)c1. The van der Waals surface area contributed by atoms with E-state index in [9.17, 15) is 15.0 Å². The summed E-state index contributed by atoms with van der Waals surface area (Å²) in [5, 5.41) is 20.1. The number of aliphatic hydroxyl groups is 1. The molecule has 0 bridgehead atoms. The number of aromatic carboxylic acids is 1. The predicted octanol–water partition coefficient (Wildman–Crippen LogP) is 3.43. The van der Waals surface area contributed by atoms with Crippen LogP contribution in [0.25, 0.3) is 0 Å². The van der Waals surface area contributed by atoms with Gasteiger partial charge in [-0.15, -0.1) is 0 Å². The van der Waals surface area contributed by atoms with Crippen LogP contribution >= 0.6 is 11.6 Å². The highest BCUT2D eigenvalue weighted by molar-refractivity contribution is 6.30. The number of carbonyl (C=O) groups is 1. The molecule has 0 saturated carbocycles. The summed E-state index contributed by atoms with van der Waals surface area (Å²) in [5.74, 6) is -1.05. The van der Waals surface area contributed by atoms with Crippen molar-refractivity contribution >= 4 is 17.6 Å². The Morgan fingerprint density at radius 2 is 1.79 bits per heavy atom. The van der Waals surface area contributed by atoms with E-state index in [0.717, 1.165) is 5.56 Å². The van der Waals surface area contributed by atoms with Gasteiger partial charge in [-0.2, -0.15) is 0 Å². The molecule has 2 N–H and O–H groups in total. The van der Waals surface area contributed by atoms with Crippen LogP contribution in [-0.4, -0.2) is 16.2 Å². The highest BCUT2D eigenvalue weighted by Crippen LogP contribution is 2.26. The highest BCUT2D eigenvalue weighted by atomic mass is 35.5. The molecule has 0 aliphatic rings. The first-order chi connectivity index (χ1) is 8.99. The molecule has 0 aliphatic carbocycles. The van der Waals surface area contributed by atoms with Crippen LogP contribution in [0.15, 0.2) is 42.5 Å². The van der Waals surface area contributed by atoms with Crippen LogP contribution in [0, 0.1) is 6.92 Å². The normalized spacial score (nSPS) is 12.2. The summed E-state index contributed by atoms with van der Waals surface area (Å²) >= 11 is 5.79. The average Bonchev–Trinajstić information content (AvgIpc) is 2.38. The third-order valence-corrected chi connectivity index (χ3v) is 3.17. The van der Waals surface area contributed by atoms with Crippen molar-refractivity contribution in [3.05, 3.63) is 69.7 Å². The van der Waals surface area contributed by atoms with Gasteiger partial charge in [-0.1, -0.05) is 41.4 Å². The Labute approximate surface area is 116 Å². The van der Waals surface area contributed by atoms with Crippen LogP contribution in [0.4, 0.5) is 0 Å². The zero-order valence-electron chi connectivity index (χ0n) is 10.3. The first-order valence-electron chi connectivity index (χ1n) is 5.76. The molecule has 98 valence electrons. The van der Waals surface area contributed by atoms with Gasteiger partial charge in [0.15, 0.2) is 0 Å². The van der Waals surface area contributed by atoms with Crippen LogP contribution in [0.1, 0.15) is 33.2 Å². The minimum absolute atomic E-state index is 0.113. The van der Waals surface area contributed by atoms with E-state index in [1.165, 1.54) is 0 Å². The lowest BCUT2D eigenvalue weighted by molar-refractivity contribution is 0.0691. The standard InChI is InChI=1S/C15H13ClO3/c1-9-2-7-12(13(8-9)15(18)19)14(17)10-3-5-11(16)6-4-10/h2-8,14,17H,1H3,(H,18,19). The van der Waals surface area contributed by atoms with Gasteiger partial charge in [0, 0.05) is 5.02 Å². The van der Waals surface area contributed by atoms with Gasteiger partial charge in [0.1, 0.15) is 6.10 Å². The van der Waals surface area contributed by atoms with Gasteiger partial charge >= 0.3 is 5.97 Å². The van der Waals surface area contributed by atoms with Gasteiger partial charge in [0.25, 0.3) is 0 Å². The molecule has 19 heavy (non-hydrogen) atoms. The fourth-order valence-electron chi connectivity index (χ4n) is 1.92. The molecular formula is C15H13ClO3. The molecule has 0 aromatic heterocycles. The number of hydrogen-bond acceptors (Lipinski definition) is 2. The Hall–Kier alpha value is -1.84. The summed E-state index contributed by atoms with van der Waals surface area (Å²) in [5.41, 5.74) is 1.93. The van der Waals surface area contributed by atoms with Crippen molar-refractivity contribution in [1.82, 2.24) is 0 Å². The molecule has 4 heteroatoms. The average molecular weight is 277 g/mol. The molecule has 1 unspecified atom stereocenters. The van der Waals surface area contributed by atoms with Crippen LogP contribution in [-0.2, 0) is 0 Å². The molecule has 0 aliphatic heterocycles. The number of carboxylic acids is 1. The number of rotatable bonds is 3. The molecule has 2 rings (SSSR count). The molecule has 1 atom stereocenters. The number of aliphatic hydroxyl groups excluding tert-OH is 1. The predicted molar refractivity (Wildman–Crippen MR) is 73.7 cm³/mol. The minimum Gasteiger partial charge on any atom is -0.478 e. The topological polar surface area (TPSA) is 57.5 Å². The lowest BCUT2D eigenvalue weighted by Gasteiger charge is -2.14. The van der Waals surface area contributed by atoms with Crippen LogP contribution in [0.3, 0.4) is 0 Å². The maximum atomic E-state index is 11.2. The Kier molecular flexibility index (Phi) is 3.88. The number of halogens is 1. The van der Waals surface area contributed by atoms with E-state index < -0.39 is 12.1 Å². The molecule has 0 radical (unpaired) electrons. The monoisotopic (exact) mass is 276 g/mol. The Morgan fingerprint density at radius 3 is 2.37 bits per heavy atom. The summed E-state index contributed by atoms with van der Waals surface area (Å²) in [6, 6.07) is 11.6. The van der Waals surface area contributed by atoms with Crippen molar-refractivity contribution in [2.24, 2.45) is 0 Å². The zero-order chi connectivity index (χ0) is 14.0. The first-order valence-corrected chi connectivity index (χ1v) is 6.14. The second kappa shape index (κ2) is 5.43. The number of benzene rings is 2. The quantitative estimate of drug-likeness (QED) is 0.903. The van der Waals surface area contributed by atoms with Crippen molar-refractivity contribution in [2.75, 3.05) is 0 Å². The van der Waals surface area contributed by atoms with Crippen LogP contribution in [0.2, 0.25) is 5.02 Å². The Bertz CT molecular complexity index is 605. The fourth-order valence-corrected chi connectivity index (χ4v) is 2.04. The zero-order valence-corrected chi connectivity index (χ0v) is 11.1. The number of carboxylic acid groups (broad SMARTS) is 1. The molecule has 0 amide bonds. The van der Waals surface area contributed by atoms with Gasteiger partial charge in [0.2, 0.25) is 0 Å². The molecule has 3 nitrogen and oxygen atoms in total. The van der Waals surface area contributed by atoms with Crippen molar-refractivity contribution < 1.29 is 15.0 Å². The summed E-state index contributed by atoms with van der Waals surface area (Å²) in [6.07, 6.45) is -0.982. The van der Waals surface area contributed by atoms with Crippen molar-refractivity contribution in [2.45, 2.75) is 13.0 Å². The molecule has 0 fully saturated rings. The molecule has 2 aromatic rings. The molecule has 0 spiro atoms. The summed E-state index contributed by atoms with van der Waals surface area (Å²) < 4.78 is 0. The summed E-state index contributed by atoms with van der Waals surface area (Å²) in [6.45, 7) is 1.81. The molecule has 2 aromatic carbocycles. The molecule has 0 saturated heterocycles. The van der Waals surface area contributed by atoms with E-state index in [1.54, 1.807) is 42.5 Å². The van der Waals surface area contributed by atoms with Gasteiger partial charge < -0.3 is 10.2 Å². The highest BCUT2D eigenvalue weighted by Gasteiger charge is 2.18. The number of hydrogen-bond donors (Lipinski definition) is 2. The van der Waals surface area contributed by atoms with E-state index >= 15 is 0 Å². The van der Waals surface area contributed by atoms with Gasteiger partial charge in [-0.05, 0) is 36.2 Å². The molecule has 0 heterocycles. The Balaban J connectivity index is 2.46. The maximum absolute atomic E-state index is 11.2. The van der Waals surface area contributed by atoms with E-state index in [1.807, 2.05) is 6.92 Å². The number of aryl methyl sites for hydroxylation is 1. The minimum atomic E-state index is -1.05. The van der Waals surface area contributed by atoms with Gasteiger partial charge in [0.05, 0.1) is 5.56 Å². The fraction of sp³-hybridized carbons (Fsp3) is 0.133. The first kappa shape index (κ1) is 13.6. The van der Waals surface area contributed by atoms with Crippen molar-refractivity contribution in [3.8, 4) is 0 Å². The van der Waals surface area contributed by atoms with Crippen LogP contribution < -0.4 is 0 Å². The lowest BCUT2D eigenvalue weighted by atomic mass is 9.95. The van der Waals surface area contributed by atoms with E-state index in [-0.39, 0.29) is 5.56 Å². The van der Waals surface area contributed by atoms with Crippen molar-refractivity contribution in [3.63, 3.8) is 0 Å². The third-order valence-electron chi connectivity index (χ3n) is 2.92. The summed E-state index contributed by atoms with van der Waals surface area (Å²) in [7, 11) is 0. The third kappa shape index (κ3) is 2.95. The summed E-state index contributed by atoms with van der Waals surface area (Å²) in [4.78, 5) is 11.2. The van der Waals surface area contributed by atoms with Crippen LogP contribution in [0.5, 0.6) is 0 Å². The maximum Gasteiger partial charge on any atom is 0.336 e. The van der Waals surface area contributed by atoms with E-state index in [0.29, 0.717) is 16.1 Å². The largest absolute Gasteiger partial charge is 0.478 e. The van der Waals surface area contributed by atoms with Gasteiger partial charge in [-0.3, -0.25) is 0 Å². The van der Waals surface area contributed by atoms with Crippen molar-refractivity contribution in [1.29, 1.82) is 0 Å².